The Balaban J connectivity index is 1.08. The van der Waals surface area contributed by atoms with Crippen molar-refractivity contribution in [3.63, 3.8) is 0 Å². The van der Waals surface area contributed by atoms with Crippen LogP contribution < -0.4 is 31.1 Å². The summed E-state index contributed by atoms with van der Waals surface area (Å²) in [4.78, 5) is 8.19. The quantitative estimate of drug-likeness (QED) is 0.165. The predicted octanol–water partition coefficient (Wildman–Crippen LogP) is 18.0. The van der Waals surface area contributed by atoms with E-state index < -0.39 is 0 Å². The highest BCUT2D eigenvalue weighted by atomic mass is 16.3. The molecule has 392 valence electrons. The van der Waals surface area contributed by atoms with Crippen LogP contribution in [-0.4, -0.2) is 12.3 Å². The molecule has 0 radical (unpaired) electrons. The van der Waals surface area contributed by atoms with Crippen LogP contribution in [0.5, 0.6) is 0 Å². The molecule has 14 rings (SSSR count). The normalized spacial score (nSPS) is 23.0. The van der Waals surface area contributed by atoms with Gasteiger partial charge in [-0.2, -0.15) is 0 Å². The first-order valence-corrected chi connectivity index (χ1v) is 29.4. The molecule has 2 unspecified atom stereocenters. The van der Waals surface area contributed by atoms with Gasteiger partial charge in [0.15, 0.2) is 0 Å². The lowest BCUT2D eigenvalue weighted by atomic mass is 9.33. The third kappa shape index (κ3) is 6.77. The Morgan fingerprint density at radius 3 is 1.73 bits per heavy atom. The molecule has 77 heavy (non-hydrogen) atoms. The lowest BCUT2D eigenvalue weighted by Gasteiger charge is -2.51. The van der Waals surface area contributed by atoms with Gasteiger partial charge in [-0.05, 0) is 208 Å². The first kappa shape index (κ1) is 49.1. The molecule has 1 aromatic heterocycles. The van der Waals surface area contributed by atoms with Crippen molar-refractivity contribution in [1.82, 2.24) is 0 Å². The van der Waals surface area contributed by atoms with Crippen molar-refractivity contribution in [2.75, 3.05) is 14.7 Å². The van der Waals surface area contributed by atoms with Crippen LogP contribution in [0.25, 0.3) is 21.9 Å². The van der Waals surface area contributed by atoms with Gasteiger partial charge in [0, 0.05) is 67.8 Å². The molecular formula is C72H80BN3O. The van der Waals surface area contributed by atoms with Gasteiger partial charge in [0.05, 0.1) is 5.54 Å². The van der Waals surface area contributed by atoms with Gasteiger partial charge in [0.25, 0.3) is 6.71 Å². The smallest absolute Gasteiger partial charge is 0.252 e. The van der Waals surface area contributed by atoms with E-state index in [1.54, 1.807) is 0 Å². The lowest BCUT2D eigenvalue weighted by Crippen LogP contribution is -2.62. The summed E-state index contributed by atoms with van der Waals surface area (Å²) in [5.41, 5.74) is 27.9. The molecule has 3 aliphatic heterocycles. The van der Waals surface area contributed by atoms with Crippen molar-refractivity contribution in [3.8, 4) is 0 Å². The Kier molecular flexibility index (Phi) is 10.1. The maximum absolute atomic E-state index is 6.73. The minimum Gasteiger partial charge on any atom is -0.456 e. The van der Waals surface area contributed by atoms with E-state index in [1.807, 2.05) is 0 Å². The average Bonchev–Trinajstić information content (AvgIpc) is 3.76. The standard InChI is InChI=1S/C72H80BN3O/c1-43-34-61-65-62(35-43)75(58-41-52-50(36-44(58)2)67(6,7)30-32-69(52,10)11)59-38-47(76-57-27-22-45(66(3,4)5)37-54(57)71(14)28-18-19-29-72(71,76)15)24-26-55(59)73(65)56-40-51-53(70(12,13)33-31-68(51,8)9)42-60(56)74(61)46-23-25-49-48-20-16-17-21-63(48)77-64(49)39-46/h16-17,20-27,34-42H,18-19,28-33H2,1-15H3. The molecular weight excluding hydrogens is 934 g/mol. The average molecular weight is 1010 g/mol. The van der Waals surface area contributed by atoms with Gasteiger partial charge < -0.3 is 19.1 Å². The van der Waals surface area contributed by atoms with Crippen molar-refractivity contribution in [2.24, 2.45) is 0 Å². The van der Waals surface area contributed by atoms with Gasteiger partial charge in [-0.3, -0.25) is 0 Å². The fourth-order valence-electron chi connectivity index (χ4n) is 16.3. The minimum absolute atomic E-state index is 0.00253. The number of para-hydroxylation sites is 1. The molecule has 0 amide bonds. The van der Waals surface area contributed by atoms with E-state index in [0.29, 0.717) is 0 Å². The maximum Gasteiger partial charge on any atom is 0.252 e. The van der Waals surface area contributed by atoms with Crippen LogP contribution in [0, 0.1) is 13.8 Å². The van der Waals surface area contributed by atoms with Crippen molar-refractivity contribution in [2.45, 2.75) is 193 Å². The summed E-state index contributed by atoms with van der Waals surface area (Å²) in [6.45, 7) is 36.9. The number of nitrogens with zero attached hydrogens (tertiary/aromatic N) is 3. The number of rotatable bonds is 3. The van der Waals surface area contributed by atoms with Gasteiger partial charge in [-0.15, -0.1) is 0 Å². The third-order valence-electron chi connectivity index (χ3n) is 21.4. The molecule has 8 aromatic rings. The Morgan fingerprint density at radius 2 is 1.04 bits per heavy atom. The zero-order chi connectivity index (χ0) is 53.9. The molecule has 6 aliphatic rings. The Bertz CT molecular complexity index is 3860. The first-order chi connectivity index (χ1) is 36.3. The summed E-state index contributed by atoms with van der Waals surface area (Å²) in [5, 5.41) is 2.31. The number of benzene rings is 7. The highest BCUT2D eigenvalue weighted by molar-refractivity contribution is 7.00. The van der Waals surface area contributed by atoms with E-state index in [-0.39, 0.29) is 44.7 Å². The number of fused-ring (bicyclic) bond motifs is 12. The van der Waals surface area contributed by atoms with Gasteiger partial charge >= 0.3 is 0 Å². The highest BCUT2D eigenvalue weighted by Gasteiger charge is 2.58. The van der Waals surface area contributed by atoms with E-state index in [4.69, 9.17) is 4.42 Å². The van der Waals surface area contributed by atoms with E-state index in [0.717, 1.165) is 46.9 Å². The summed E-state index contributed by atoms with van der Waals surface area (Å²) in [6, 6.07) is 46.3. The molecule has 3 aliphatic carbocycles. The fraction of sp³-hybridized carbons (Fsp3) is 0.417. The maximum atomic E-state index is 6.73. The van der Waals surface area contributed by atoms with Crippen LogP contribution >= 0.6 is 0 Å². The Hall–Kier alpha value is -6.20. The van der Waals surface area contributed by atoms with Crippen molar-refractivity contribution < 1.29 is 4.42 Å². The first-order valence-electron chi connectivity index (χ1n) is 29.4. The van der Waals surface area contributed by atoms with Crippen molar-refractivity contribution in [3.05, 3.63) is 160 Å². The van der Waals surface area contributed by atoms with Gasteiger partial charge in [0.2, 0.25) is 0 Å². The topological polar surface area (TPSA) is 22.9 Å². The lowest BCUT2D eigenvalue weighted by molar-refractivity contribution is 0.195. The van der Waals surface area contributed by atoms with E-state index in [9.17, 15) is 0 Å². The minimum atomic E-state index is -0.0901. The van der Waals surface area contributed by atoms with Crippen LogP contribution in [0.2, 0.25) is 0 Å². The molecule has 0 saturated heterocycles. The Labute approximate surface area is 460 Å². The summed E-state index contributed by atoms with van der Waals surface area (Å²) in [5.74, 6) is 0. The number of hydrogen-bond donors (Lipinski definition) is 0. The summed E-state index contributed by atoms with van der Waals surface area (Å²) >= 11 is 0. The summed E-state index contributed by atoms with van der Waals surface area (Å²) < 4.78 is 6.73. The van der Waals surface area contributed by atoms with Crippen LogP contribution in [0.4, 0.5) is 45.5 Å². The zero-order valence-corrected chi connectivity index (χ0v) is 49.0. The molecule has 4 heterocycles. The molecule has 7 aromatic carbocycles. The molecule has 1 saturated carbocycles. The van der Waals surface area contributed by atoms with Crippen molar-refractivity contribution >= 4 is 90.5 Å². The third-order valence-corrected chi connectivity index (χ3v) is 21.4. The van der Waals surface area contributed by atoms with Crippen LogP contribution in [-0.2, 0) is 32.5 Å². The van der Waals surface area contributed by atoms with E-state index in [2.05, 4.69) is 234 Å². The second-order valence-electron chi connectivity index (χ2n) is 29.1. The number of hydrogen-bond acceptors (Lipinski definition) is 4. The van der Waals surface area contributed by atoms with Crippen molar-refractivity contribution in [1.29, 1.82) is 0 Å². The molecule has 0 bridgehead atoms. The fourth-order valence-corrected chi connectivity index (χ4v) is 16.3. The van der Waals surface area contributed by atoms with Crippen LogP contribution in [0.1, 0.15) is 186 Å². The predicted molar refractivity (Wildman–Crippen MR) is 329 cm³/mol. The molecule has 4 nitrogen and oxygen atoms in total. The van der Waals surface area contributed by atoms with E-state index >= 15 is 0 Å². The summed E-state index contributed by atoms with van der Waals surface area (Å²) in [7, 11) is 0. The molecule has 0 spiro atoms. The molecule has 0 N–H and O–H groups in total. The molecule has 1 fully saturated rings. The summed E-state index contributed by atoms with van der Waals surface area (Å²) in [6.07, 6.45) is 9.54. The number of furan rings is 1. The largest absolute Gasteiger partial charge is 0.456 e. The van der Waals surface area contributed by atoms with Crippen LogP contribution in [0.15, 0.2) is 120 Å². The van der Waals surface area contributed by atoms with E-state index in [1.165, 1.54) is 133 Å². The monoisotopic (exact) mass is 1010 g/mol. The number of anilines is 8. The second kappa shape index (κ2) is 15.8. The van der Waals surface area contributed by atoms with Gasteiger partial charge in [0.1, 0.15) is 11.2 Å². The van der Waals surface area contributed by atoms with Gasteiger partial charge in [-0.25, -0.2) is 0 Å². The second-order valence-corrected chi connectivity index (χ2v) is 29.1. The molecule has 2 atom stereocenters. The zero-order valence-electron chi connectivity index (χ0n) is 49.0. The Morgan fingerprint density at radius 1 is 0.455 bits per heavy atom. The highest BCUT2D eigenvalue weighted by Crippen LogP contribution is 2.62. The van der Waals surface area contributed by atoms with Gasteiger partial charge in [-0.1, -0.05) is 144 Å². The molecule has 5 heteroatoms. The van der Waals surface area contributed by atoms with Crippen LogP contribution in [0.3, 0.4) is 0 Å². The number of aryl methyl sites for hydroxylation is 2. The SMILES string of the molecule is Cc1cc2c3c(c1)N(c1cc4c(cc1C)C(C)(C)CCC4(C)C)c1cc(N4c5ccc(C(C)(C)C)cc5C5(C)CCCCC45C)ccc1B3c1cc3c(cc1N2c1ccc2c(c1)oc1ccccc12)C(C)(C)CCC3(C)C.